The Morgan fingerprint density at radius 2 is 1.75 bits per heavy atom. The van der Waals surface area contributed by atoms with E-state index in [4.69, 9.17) is 5.73 Å². The second-order valence-corrected chi connectivity index (χ2v) is 8.75. The molecule has 1 aromatic carbocycles. The first-order valence-electron chi connectivity index (χ1n) is 7.54. The Morgan fingerprint density at radius 3 is 2.21 bits per heavy atom. The normalized spacial score (nSPS) is 13.3. The van der Waals surface area contributed by atoms with E-state index in [9.17, 15) is 13.2 Å². The average Bonchev–Trinajstić information content (AvgIpc) is 2.36. The van der Waals surface area contributed by atoms with E-state index in [2.05, 4.69) is 10.0 Å². The predicted molar refractivity (Wildman–Crippen MR) is 99.9 cm³/mol. The maximum Gasteiger partial charge on any atom is 0.241 e. The fraction of sp³-hybridized carbons (Fsp3) is 0.562. The number of amides is 1. The van der Waals surface area contributed by atoms with Crippen LogP contribution in [-0.2, 0) is 14.8 Å². The number of aryl methyl sites for hydroxylation is 1. The van der Waals surface area contributed by atoms with Crippen molar-refractivity contribution in [2.75, 3.05) is 5.32 Å². The minimum absolute atomic E-state index is 0. The summed E-state index contributed by atoms with van der Waals surface area (Å²) in [7, 11) is -3.68. The van der Waals surface area contributed by atoms with Crippen LogP contribution in [0.2, 0.25) is 0 Å². The van der Waals surface area contributed by atoms with Crippen LogP contribution in [0.15, 0.2) is 23.1 Å². The summed E-state index contributed by atoms with van der Waals surface area (Å²) >= 11 is 0. The van der Waals surface area contributed by atoms with Crippen molar-refractivity contribution in [3.8, 4) is 0 Å². The molecule has 0 heterocycles. The van der Waals surface area contributed by atoms with Gasteiger partial charge in [-0.1, -0.05) is 19.9 Å². The molecule has 1 aromatic rings. The van der Waals surface area contributed by atoms with E-state index in [1.54, 1.807) is 39.8 Å². The van der Waals surface area contributed by atoms with Gasteiger partial charge in [-0.2, -0.15) is 0 Å². The first-order chi connectivity index (χ1) is 10.3. The number of anilines is 1. The Balaban J connectivity index is 0.00000529. The Bertz CT molecular complexity index is 682. The van der Waals surface area contributed by atoms with E-state index in [0.717, 1.165) is 0 Å². The summed E-state index contributed by atoms with van der Waals surface area (Å²) in [6, 6.07) is 4.13. The van der Waals surface area contributed by atoms with E-state index < -0.39 is 21.6 Å². The average molecular weight is 378 g/mol. The van der Waals surface area contributed by atoms with Crippen molar-refractivity contribution in [1.82, 2.24) is 4.72 Å². The highest BCUT2D eigenvalue weighted by molar-refractivity contribution is 7.89. The Hall–Kier alpha value is -1.15. The number of carbonyl (C=O) groups excluding carboxylic acids is 1. The third-order valence-corrected chi connectivity index (χ3v) is 5.11. The van der Waals surface area contributed by atoms with Gasteiger partial charge in [0.05, 0.1) is 10.9 Å². The quantitative estimate of drug-likeness (QED) is 0.733. The molecule has 138 valence electrons. The fourth-order valence-electron chi connectivity index (χ4n) is 1.95. The molecule has 1 atom stereocenters. The Labute approximate surface area is 151 Å². The number of hydrogen-bond donors (Lipinski definition) is 3. The third kappa shape index (κ3) is 6.39. The molecular formula is C16H28ClN3O3S. The molecule has 0 aromatic heterocycles. The van der Waals surface area contributed by atoms with Gasteiger partial charge in [-0.15, -0.1) is 12.4 Å². The summed E-state index contributed by atoms with van der Waals surface area (Å²) < 4.78 is 27.6. The van der Waals surface area contributed by atoms with E-state index in [0.29, 0.717) is 11.3 Å². The fourth-order valence-corrected chi connectivity index (χ4v) is 3.64. The molecule has 0 radical (unpaired) electrons. The predicted octanol–water partition coefficient (Wildman–Crippen LogP) is 2.42. The van der Waals surface area contributed by atoms with Crippen molar-refractivity contribution in [3.05, 3.63) is 23.8 Å². The van der Waals surface area contributed by atoms with Crippen LogP contribution in [-0.4, -0.2) is 25.9 Å². The highest BCUT2D eigenvalue weighted by Crippen LogP contribution is 2.22. The number of hydrogen-bond acceptors (Lipinski definition) is 4. The molecule has 0 bridgehead atoms. The van der Waals surface area contributed by atoms with Gasteiger partial charge in [-0.05, 0) is 51.3 Å². The highest BCUT2D eigenvalue weighted by atomic mass is 35.5. The van der Waals surface area contributed by atoms with Crippen LogP contribution < -0.4 is 15.8 Å². The molecule has 6 nitrogen and oxygen atoms in total. The van der Waals surface area contributed by atoms with Gasteiger partial charge in [0.25, 0.3) is 0 Å². The van der Waals surface area contributed by atoms with Gasteiger partial charge in [0.15, 0.2) is 0 Å². The van der Waals surface area contributed by atoms with Gasteiger partial charge in [-0.25, -0.2) is 13.1 Å². The number of halogens is 1. The number of nitrogens with one attached hydrogen (secondary N) is 2. The van der Waals surface area contributed by atoms with Crippen LogP contribution in [0, 0.1) is 12.8 Å². The molecule has 0 aliphatic carbocycles. The molecule has 0 fully saturated rings. The molecule has 0 aliphatic heterocycles. The third-order valence-electron chi connectivity index (χ3n) is 3.21. The van der Waals surface area contributed by atoms with Crippen molar-refractivity contribution in [1.29, 1.82) is 0 Å². The lowest BCUT2D eigenvalue weighted by molar-refractivity contribution is -0.118. The summed E-state index contributed by atoms with van der Waals surface area (Å²) in [6.07, 6.45) is 0. The van der Waals surface area contributed by atoms with Crippen LogP contribution in [0.4, 0.5) is 5.69 Å². The van der Waals surface area contributed by atoms with Crippen molar-refractivity contribution in [3.63, 3.8) is 0 Å². The maximum absolute atomic E-state index is 12.5. The van der Waals surface area contributed by atoms with Gasteiger partial charge in [0.1, 0.15) is 0 Å². The van der Waals surface area contributed by atoms with Gasteiger partial charge >= 0.3 is 0 Å². The number of rotatable bonds is 5. The number of sulfonamides is 1. The SMILES string of the molecule is Cc1ccc(NC(=O)[C@@H](N)C(C)C)cc1S(=O)(=O)NC(C)(C)C.Cl. The summed E-state index contributed by atoms with van der Waals surface area (Å²) in [5.41, 5.74) is 6.22. The van der Waals surface area contributed by atoms with Crippen LogP contribution in [0.1, 0.15) is 40.2 Å². The minimum Gasteiger partial charge on any atom is -0.325 e. The molecule has 1 rings (SSSR count). The Morgan fingerprint density at radius 1 is 1.21 bits per heavy atom. The molecule has 0 spiro atoms. The topological polar surface area (TPSA) is 101 Å². The minimum atomic E-state index is -3.68. The van der Waals surface area contributed by atoms with Crippen molar-refractivity contribution >= 4 is 34.0 Å². The lowest BCUT2D eigenvalue weighted by atomic mass is 10.0. The van der Waals surface area contributed by atoms with E-state index in [-0.39, 0.29) is 29.1 Å². The first-order valence-corrected chi connectivity index (χ1v) is 9.03. The standard InChI is InChI=1S/C16H27N3O3S.ClH/c1-10(2)14(17)15(20)18-12-8-7-11(3)13(9-12)23(21,22)19-16(4,5)6;/h7-10,14,19H,17H2,1-6H3,(H,18,20);1H/t14-;/m0./s1. The summed E-state index contributed by atoms with van der Waals surface area (Å²) in [5, 5.41) is 2.67. The van der Waals surface area contributed by atoms with Crippen molar-refractivity contribution in [2.45, 2.75) is 58.0 Å². The summed E-state index contributed by atoms with van der Waals surface area (Å²) in [5.74, 6) is -0.345. The molecule has 24 heavy (non-hydrogen) atoms. The lowest BCUT2D eigenvalue weighted by Gasteiger charge is -2.22. The van der Waals surface area contributed by atoms with Gasteiger partial charge in [-0.3, -0.25) is 4.79 Å². The Kier molecular flexibility index (Phi) is 7.89. The van der Waals surface area contributed by atoms with Crippen LogP contribution in [0.5, 0.6) is 0 Å². The number of nitrogens with two attached hydrogens (primary N) is 1. The second-order valence-electron chi connectivity index (χ2n) is 7.09. The lowest BCUT2D eigenvalue weighted by Crippen LogP contribution is -2.41. The monoisotopic (exact) mass is 377 g/mol. The van der Waals surface area contributed by atoms with Crippen molar-refractivity contribution in [2.24, 2.45) is 11.7 Å². The summed E-state index contributed by atoms with van der Waals surface area (Å²) in [4.78, 5) is 12.2. The molecule has 0 aliphatic rings. The molecular weight excluding hydrogens is 350 g/mol. The highest BCUT2D eigenvalue weighted by Gasteiger charge is 2.24. The maximum atomic E-state index is 12.5. The van der Waals surface area contributed by atoms with Crippen LogP contribution in [0.3, 0.4) is 0 Å². The molecule has 4 N–H and O–H groups in total. The molecule has 0 unspecified atom stereocenters. The number of benzene rings is 1. The van der Waals surface area contributed by atoms with Gasteiger partial charge in [0.2, 0.25) is 15.9 Å². The molecule has 0 saturated heterocycles. The van der Waals surface area contributed by atoms with E-state index in [1.165, 1.54) is 6.07 Å². The van der Waals surface area contributed by atoms with Crippen molar-refractivity contribution < 1.29 is 13.2 Å². The summed E-state index contributed by atoms with van der Waals surface area (Å²) in [6.45, 7) is 10.7. The van der Waals surface area contributed by atoms with E-state index in [1.807, 2.05) is 13.8 Å². The molecule has 0 saturated carbocycles. The zero-order valence-electron chi connectivity index (χ0n) is 15.0. The van der Waals surface area contributed by atoms with E-state index >= 15 is 0 Å². The second kappa shape index (κ2) is 8.29. The van der Waals surface area contributed by atoms with Gasteiger partial charge < -0.3 is 11.1 Å². The first kappa shape index (κ1) is 22.9. The zero-order chi connectivity index (χ0) is 18.0. The number of carbonyl (C=O) groups is 1. The largest absolute Gasteiger partial charge is 0.325 e. The molecule has 8 heteroatoms. The molecule has 1 amide bonds. The van der Waals surface area contributed by atoms with Crippen LogP contribution in [0.25, 0.3) is 0 Å². The smallest absolute Gasteiger partial charge is 0.241 e. The van der Waals surface area contributed by atoms with Crippen LogP contribution >= 0.6 is 12.4 Å². The van der Waals surface area contributed by atoms with Gasteiger partial charge in [0, 0.05) is 11.2 Å². The zero-order valence-corrected chi connectivity index (χ0v) is 16.6.